The van der Waals surface area contributed by atoms with Gasteiger partial charge in [0.25, 0.3) is 0 Å². The molecule has 0 radical (unpaired) electrons. The van der Waals surface area contributed by atoms with E-state index in [2.05, 4.69) is 0 Å². The molecule has 0 aromatic heterocycles. The number of carboxylic acids is 1. The molecule has 0 fully saturated rings. The molecule has 1 aliphatic carbocycles. The summed E-state index contributed by atoms with van der Waals surface area (Å²) in [5.74, 6) is -0.855. The van der Waals surface area contributed by atoms with Crippen molar-refractivity contribution < 1.29 is 14.6 Å². The highest BCUT2D eigenvalue weighted by Gasteiger charge is 2.23. The summed E-state index contributed by atoms with van der Waals surface area (Å²) in [6.45, 7) is 2.50. The number of rotatable bonds is 5. The highest BCUT2D eigenvalue weighted by molar-refractivity contribution is 5.76. The van der Waals surface area contributed by atoms with Gasteiger partial charge in [-0.25, -0.2) is 4.79 Å². The summed E-state index contributed by atoms with van der Waals surface area (Å²) in [6.07, 6.45) is 6.31. The zero-order chi connectivity index (χ0) is 10.4. The van der Waals surface area contributed by atoms with Gasteiger partial charge in [-0.1, -0.05) is 13.0 Å². The van der Waals surface area contributed by atoms with Gasteiger partial charge in [0.2, 0.25) is 0 Å². The van der Waals surface area contributed by atoms with Crippen molar-refractivity contribution >= 4 is 5.97 Å². The molecule has 0 saturated heterocycles. The first-order valence-electron chi connectivity index (χ1n) is 5.29. The molecule has 0 aliphatic heterocycles. The molecule has 0 amide bonds. The van der Waals surface area contributed by atoms with Crippen molar-refractivity contribution in [1.82, 2.24) is 0 Å². The number of carboxylic acid groups (broad SMARTS) is 1. The maximum Gasteiger partial charge on any atom is 0.337 e. The second kappa shape index (κ2) is 5.81. The molecule has 3 nitrogen and oxygen atoms in total. The third kappa shape index (κ3) is 3.14. The highest BCUT2D eigenvalue weighted by Crippen LogP contribution is 2.22. The summed E-state index contributed by atoms with van der Waals surface area (Å²) in [4.78, 5) is 10.9. The van der Waals surface area contributed by atoms with E-state index in [1.165, 1.54) is 6.42 Å². The Hall–Kier alpha value is -0.830. The average Bonchev–Trinajstić information content (AvgIpc) is 2.19. The molecular formula is C11H18O3. The Labute approximate surface area is 84.8 Å². The van der Waals surface area contributed by atoms with E-state index in [-0.39, 0.29) is 0 Å². The zero-order valence-corrected chi connectivity index (χ0v) is 8.66. The molecule has 80 valence electrons. The Morgan fingerprint density at radius 3 is 2.93 bits per heavy atom. The van der Waals surface area contributed by atoms with Crippen LogP contribution in [0.1, 0.15) is 39.0 Å². The quantitative estimate of drug-likeness (QED) is 0.690. The van der Waals surface area contributed by atoms with E-state index in [1.807, 2.05) is 13.0 Å². The second-order valence-electron chi connectivity index (χ2n) is 3.61. The summed E-state index contributed by atoms with van der Waals surface area (Å²) in [5, 5.41) is 8.99. The molecule has 0 bridgehead atoms. The molecule has 3 heteroatoms. The lowest BCUT2D eigenvalue weighted by molar-refractivity contribution is -0.147. The van der Waals surface area contributed by atoms with E-state index in [0.717, 1.165) is 31.3 Å². The van der Waals surface area contributed by atoms with E-state index in [0.29, 0.717) is 6.61 Å². The van der Waals surface area contributed by atoms with Gasteiger partial charge in [-0.2, -0.15) is 0 Å². The summed E-state index contributed by atoms with van der Waals surface area (Å²) in [5.41, 5.74) is 0.956. The van der Waals surface area contributed by atoms with Crippen molar-refractivity contribution in [2.45, 2.75) is 45.1 Å². The van der Waals surface area contributed by atoms with Crippen LogP contribution in [0, 0.1) is 0 Å². The smallest absolute Gasteiger partial charge is 0.337 e. The van der Waals surface area contributed by atoms with E-state index in [1.54, 1.807) is 0 Å². The van der Waals surface area contributed by atoms with Gasteiger partial charge in [0.05, 0.1) is 0 Å². The van der Waals surface area contributed by atoms with Crippen molar-refractivity contribution in [1.29, 1.82) is 0 Å². The monoisotopic (exact) mass is 198 g/mol. The Morgan fingerprint density at radius 2 is 2.43 bits per heavy atom. The minimum Gasteiger partial charge on any atom is -0.479 e. The van der Waals surface area contributed by atoms with Crippen molar-refractivity contribution in [2.24, 2.45) is 0 Å². The third-order valence-corrected chi connectivity index (χ3v) is 2.38. The predicted octanol–water partition coefficient (Wildman–Crippen LogP) is 2.37. The molecule has 0 aromatic carbocycles. The fourth-order valence-corrected chi connectivity index (χ4v) is 1.67. The summed E-state index contributed by atoms with van der Waals surface area (Å²) < 4.78 is 5.32. The molecule has 0 aromatic rings. The molecule has 1 unspecified atom stereocenters. The van der Waals surface area contributed by atoms with Crippen LogP contribution in [-0.2, 0) is 9.53 Å². The maximum atomic E-state index is 10.9. The topological polar surface area (TPSA) is 46.5 Å². The van der Waals surface area contributed by atoms with Gasteiger partial charge >= 0.3 is 5.97 Å². The normalized spacial score (nSPS) is 18.8. The molecule has 0 saturated carbocycles. The van der Waals surface area contributed by atoms with Crippen LogP contribution in [0.15, 0.2) is 11.6 Å². The summed E-state index contributed by atoms with van der Waals surface area (Å²) in [7, 11) is 0. The molecule has 14 heavy (non-hydrogen) atoms. The second-order valence-corrected chi connectivity index (χ2v) is 3.61. The molecule has 0 spiro atoms. The first-order valence-corrected chi connectivity index (χ1v) is 5.29. The summed E-state index contributed by atoms with van der Waals surface area (Å²) in [6, 6.07) is 0. The van der Waals surface area contributed by atoms with Gasteiger partial charge in [-0.05, 0) is 37.7 Å². The van der Waals surface area contributed by atoms with Crippen LogP contribution in [0.5, 0.6) is 0 Å². The Balaban J connectivity index is 2.56. The SMILES string of the molecule is CCCOC(C(=O)O)C1=CCCCC1. The summed E-state index contributed by atoms with van der Waals surface area (Å²) >= 11 is 0. The van der Waals surface area contributed by atoms with Crippen LogP contribution in [0.25, 0.3) is 0 Å². The van der Waals surface area contributed by atoms with Gasteiger partial charge in [0.15, 0.2) is 6.10 Å². The van der Waals surface area contributed by atoms with E-state index >= 15 is 0 Å². The molecule has 1 aliphatic rings. The first kappa shape index (κ1) is 11.2. The first-order chi connectivity index (χ1) is 6.75. The number of hydrogen-bond acceptors (Lipinski definition) is 2. The maximum absolute atomic E-state index is 10.9. The van der Waals surface area contributed by atoms with Crippen LogP contribution in [0.4, 0.5) is 0 Å². The fraction of sp³-hybridized carbons (Fsp3) is 0.727. The van der Waals surface area contributed by atoms with Crippen molar-refractivity contribution in [2.75, 3.05) is 6.61 Å². The Bertz CT molecular complexity index is 221. The van der Waals surface area contributed by atoms with Crippen LogP contribution in [0.2, 0.25) is 0 Å². The van der Waals surface area contributed by atoms with Gasteiger partial charge in [0, 0.05) is 6.61 Å². The Kier molecular flexibility index (Phi) is 4.66. The van der Waals surface area contributed by atoms with Gasteiger partial charge in [-0.15, -0.1) is 0 Å². The lowest BCUT2D eigenvalue weighted by Crippen LogP contribution is -2.27. The highest BCUT2D eigenvalue weighted by atomic mass is 16.5. The van der Waals surface area contributed by atoms with Crippen molar-refractivity contribution in [3.8, 4) is 0 Å². The fourth-order valence-electron chi connectivity index (χ4n) is 1.67. The van der Waals surface area contributed by atoms with Gasteiger partial charge < -0.3 is 9.84 Å². The lowest BCUT2D eigenvalue weighted by Gasteiger charge is -2.19. The van der Waals surface area contributed by atoms with Crippen LogP contribution < -0.4 is 0 Å². The number of hydrogen-bond donors (Lipinski definition) is 1. The third-order valence-electron chi connectivity index (χ3n) is 2.38. The minimum absolute atomic E-state index is 0.522. The van der Waals surface area contributed by atoms with Gasteiger partial charge in [-0.3, -0.25) is 0 Å². The van der Waals surface area contributed by atoms with Crippen LogP contribution in [-0.4, -0.2) is 23.8 Å². The van der Waals surface area contributed by atoms with Gasteiger partial charge in [0.1, 0.15) is 0 Å². The van der Waals surface area contributed by atoms with Crippen LogP contribution >= 0.6 is 0 Å². The average molecular weight is 198 g/mol. The van der Waals surface area contributed by atoms with E-state index in [4.69, 9.17) is 9.84 Å². The zero-order valence-electron chi connectivity index (χ0n) is 8.66. The molecule has 1 atom stereocenters. The largest absolute Gasteiger partial charge is 0.479 e. The molecule has 0 heterocycles. The number of ether oxygens (including phenoxy) is 1. The van der Waals surface area contributed by atoms with E-state index < -0.39 is 12.1 Å². The van der Waals surface area contributed by atoms with Crippen molar-refractivity contribution in [3.63, 3.8) is 0 Å². The molecule has 1 rings (SSSR count). The predicted molar refractivity (Wildman–Crippen MR) is 54.2 cm³/mol. The standard InChI is InChI=1S/C11H18O3/c1-2-8-14-10(11(12)13)9-6-4-3-5-7-9/h6,10H,2-5,7-8H2,1H3,(H,12,13). The number of aliphatic carboxylic acids is 1. The lowest BCUT2D eigenvalue weighted by atomic mass is 9.95. The van der Waals surface area contributed by atoms with E-state index in [9.17, 15) is 4.79 Å². The molecule has 1 N–H and O–H groups in total. The Morgan fingerprint density at radius 1 is 1.64 bits per heavy atom. The minimum atomic E-state index is -0.855. The number of allylic oxidation sites excluding steroid dienone is 1. The number of carbonyl (C=O) groups is 1. The molecular weight excluding hydrogens is 180 g/mol. The van der Waals surface area contributed by atoms with Crippen LogP contribution in [0.3, 0.4) is 0 Å². The van der Waals surface area contributed by atoms with Crippen molar-refractivity contribution in [3.05, 3.63) is 11.6 Å².